The summed E-state index contributed by atoms with van der Waals surface area (Å²) >= 11 is 6.22. The van der Waals surface area contributed by atoms with Gasteiger partial charge >= 0.3 is 0 Å². The van der Waals surface area contributed by atoms with Gasteiger partial charge in [0.1, 0.15) is 6.26 Å². The molecule has 0 bridgehead atoms. The molecule has 0 spiro atoms. The molecule has 25 heavy (non-hydrogen) atoms. The van der Waals surface area contributed by atoms with Gasteiger partial charge in [0.15, 0.2) is 0 Å². The van der Waals surface area contributed by atoms with Gasteiger partial charge in [-0.1, -0.05) is 23.7 Å². The molecule has 2 aromatic rings. The number of likely N-dealkylation sites (tertiary alicyclic amines) is 1. The molecule has 0 radical (unpaired) electrons. The molecule has 0 N–H and O–H groups in total. The average Bonchev–Trinajstić information content (AvgIpc) is 3.14. The lowest BCUT2D eigenvalue weighted by Crippen LogP contribution is -2.33. The molecule has 1 aromatic heterocycles. The molecule has 1 aliphatic rings. The second kappa shape index (κ2) is 8.63. The minimum Gasteiger partial charge on any atom is -0.442 e. The van der Waals surface area contributed by atoms with Gasteiger partial charge in [0.2, 0.25) is 5.78 Å². The van der Waals surface area contributed by atoms with E-state index >= 15 is 0 Å². The largest absolute Gasteiger partial charge is 0.442 e. The Kier molecular flexibility index (Phi) is 6.27. The normalized spacial score (nSPS) is 16.2. The monoisotopic (exact) mass is 360 g/mol. The fourth-order valence-electron chi connectivity index (χ4n) is 3.45. The first-order chi connectivity index (χ1) is 12.1. The van der Waals surface area contributed by atoms with Gasteiger partial charge in [-0.05, 0) is 68.8 Å². The highest BCUT2D eigenvalue weighted by Crippen LogP contribution is 2.25. The maximum absolute atomic E-state index is 11.9. The van der Waals surface area contributed by atoms with Gasteiger partial charge in [0.05, 0.1) is 6.20 Å². The van der Waals surface area contributed by atoms with E-state index in [1.54, 1.807) is 0 Å². The molecule has 5 heteroatoms. The number of halogens is 1. The number of carbonyl (C=O) groups is 1. The van der Waals surface area contributed by atoms with Crippen molar-refractivity contribution in [2.75, 3.05) is 13.1 Å². The molecular formula is C20H25ClN2O2. The van der Waals surface area contributed by atoms with Crippen molar-refractivity contribution in [3.05, 3.63) is 52.7 Å². The SMILES string of the molecule is Cc1ccc(CN2CCC(CCCC(=O)c3ncco3)CC2)cc1Cl. The third-order valence-corrected chi connectivity index (χ3v) is 5.44. The summed E-state index contributed by atoms with van der Waals surface area (Å²) in [5.74, 6) is 0.973. The van der Waals surface area contributed by atoms with Crippen molar-refractivity contribution in [1.29, 1.82) is 0 Å². The molecule has 1 saturated heterocycles. The molecule has 0 atom stereocenters. The molecule has 0 saturated carbocycles. The standard InChI is InChI=1S/C20H25ClN2O2/c1-15-5-6-17(13-18(15)21)14-23-10-7-16(8-11-23)3-2-4-19(24)20-22-9-12-25-20/h5-6,9,12-13,16H,2-4,7-8,10-11,14H2,1H3. The van der Waals surface area contributed by atoms with E-state index < -0.39 is 0 Å². The zero-order valence-electron chi connectivity index (χ0n) is 14.7. The van der Waals surface area contributed by atoms with E-state index in [0.29, 0.717) is 6.42 Å². The van der Waals surface area contributed by atoms with Crippen LogP contribution in [0.15, 0.2) is 35.1 Å². The highest BCUT2D eigenvalue weighted by Gasteiger charge is 2.20. The summed E-state index contributed by atoms with van der Waals surface area (Å²) in [4.78, 5) is 18.3. The number of piperidine rings is 1. The summed E-state index contributed by atoms with van der Waals surface area (Å²) in [5, 5.41) is 0.850. The number of aryl methyl sites for hydroxylation is 1. The molecule has 1 aliphatic heterocycles. The maximum Gasteiger partial charge on any atom is 0.263 e. The zero-order chi connectivity index (χ0) is 17.6. The summed E-state index contributed by atoms with van der Waals surface area (Å²) in [6, 6.07) is 6.34. The smallest absolute Gasteiger partial charge is 0.263 e. The number of hydrogen-bond acceptors (Lipinski definition) is 4. The third kappa shape index (κ3) is 5.16. The summed E-state index contributed by atoms with van der Waals surface area (Å²) < 4.78 is 5.05. The minimum atomic E-state index is 0.0127. The highest BCUT2D eigenvalue weighted by atomic mass is 35.5. The lowest BCUT2D eigenvalue weighted by Gasteiger charge is -2.32. The van der Waals surface area contributed by atoms with Crippen LogP contribution in [0.4, 0.5) is 0 Å². The summed E-state index contributed by atoms with van der Waals surface area (Å²) in [5.41, 5.74) is 2.41. The number of aromatic nitrogens is 1. The van der Waals surface area contributed by atoms with Crippen molar-refractivity contribution in [2.24, 2.45) is 5.92 Å². The first kappa shape index (κ1) is 18.2. The summed E-state index contributed by atoms with van der Waals surface area (Å²) in [6.07, 6.45) is 7.92. The lowest BCUT2D eigenvalue weighted by atomic mass is 9.91. The van der Waals surface area contributed by atoms with Crippen LogP contribution in [-0.2, 0) is 6.54 Å². The van der Waals surface area contributed by atoms with Gasteiger partial charge in [-0.3, -0.25) is 9.69 Å². The van der Waals surface area contributed by atoms with Crippen LogP contribution >= 0.6 is 11.6 Å². The molecule has 0 aliphatic carbocycles. The molecule has 4 nitrogen and oxygen atoms in total. The number of Topliss-reactive ketones (excluding diaryl/α,β-unsaturated/α-hetero) is 1. The third-order valence-electron chi connectivity index (χ3n) is 5.04. The van der Waals surface area contributed by atoms with E-state index in [4.69, 9.17) is 16.0 Å². The molecule has 1 aromatic carbocycles. The van der Waals surface area contributed by atoms with Crippen LogP contribution in [0, 0.1) is 12.8 Å². The van der Waals surface area contributed by atoms with Crippen LogP contribution in [0.2, 0.25) is 5.02 Å². The van der Waals surface area contributed by atoms with Crippen molar-refractivity contribution >= 4 is 17.4 Å². The average molecular weight is 361 g/mol. The predicted molar refractivity (Wildman–Crippen MR) is 98.9 cm³/mol. The number of hydrogen-bond donors (Lipinski definition) is 0. The van der Waals surface area contributed by atoms with Gasteiger partial charge in [-0.25, -0.2) is 4.98 Å². The van der Waals surface area contributed by atoms with Gasteiger partial charge in [-0.15, -0.1) is 0 Å². The Balaban J connectivity index is 1.37. The van der Waals surface area contributed by atoms with E-state index in [2.05, 4.69) is 28.1 Å². The van der Waals surface area contributed by atoms with Crippen LogP contribution in [0.5, 0.6) is 0 Å². The molecule has 0 amide bonds. The Morgan fingerprint density at radius 2 is 2.16 bits per heavy atom. The van der Waals surface area contributed by atoms with Crippen LogP contribution in [0.1, 0.15) is 53.9 Å². The van der Waals surface area contributed by atoms with Crippen molar-refractivity contribution in [1.82, 2.24) is 9.88 Å². The fraction of sp³-hybridized carbons (Fsp3) is 0.500. The first-order valence-corrected chi connectivity index (χ1v) is 9.39. The van der Waals surface area contributed by atoms with Crippen molar-refractivity contribution in [3.63, 3.8) is 0 Å². The summed E-state index contributed by atoms with van der Waals surface area (Å²) in [6.45, 7) is 5.23. The predicted octanol–water partition coefficient (Wildman–Crippen LogP) is 4.90. The maximum atomic E-state index is 11.9. The van der Waals surface area contributed by atoms with Crippen LogP contribution in [0.25, 0.3) is 0 Å². The Morgan fingerprint density at radius 3 is 2.84 bits per heavy atom. The number of oxazole rings is 1. The van der Waals surface area contributed by atoms with Crippen LogP contribution < -0.4 is 0 Å². The molecule has 0 unspecified atom stereocenters. The first-order valence-electron chi connectivity index (χ1n) is 9.02. The van der Waals surface area contributed by atoms with E-state index in [-0.39, 0.29) is 11.7 Å². The second-order valence-corrected chi connectivity index (χ2v) is 7.36. The summed E-state index contributed by atoms with van der Waals surface area (Å²) in [7, 11) is 0. The molecule has 3 rings (SSSR count). The van der Waals surface area contributed by atoms with Gasteiger partial charge in [0, 0.05) is 18.0 Å². The Hall–Kier alpha value is -1.65. The Labute approximate surface area is 154 Å². The fourth-order valence-corrected chi connectivity index (χ4v) is 3.65. The quantitative estimate of drug-likeness (QED) is 0.659. The minimum absolute atomic E-state index is 0.0127. The van der Waals surface area contributed by atoms with Crippen molar-refractivity contribution < 1.29 is 9.21 Å². The van der Waals surface area contributed by atoms with Crippen LogP contribution in [-0.4, -0.2) is 28.8 Å². The zero-order valence-corrected chi connectivity index (χ0v) is 15.5. The highest BCUT2D eigenvalue weighted by molar-refractivity contribution is 6.31. The number of rotatable bonds is 7. The van der Waals surface area contributed by atoms with Crippen molar-refractivity contribution in [3.8, 4) is 0 Å². The molecule has 134 valence electrons. The van der Waals surface area contributed by atoms with Gasteiger partial charge in [0.25, 0.3) is 5.89 Å². The van der Waals surface area contributed by atoms with E-state index in [1.807, 2.05) is 6.92 Å². The van der Waals surface area contributed by atoms with Gasteiger partial charge < -0.3 is 4.42 Å². The lowest BCUT2D eigenvalue weighted by molar-refractivity contribution is 0.0940. The number of nitrogens with zero attached hydrogens (tertiary/aromatic N) is 2. The number of carbonyl (C=O) groups excluding carboxylic acids is 1. The van der Waals surface area contributed by atoms with E-state index in [1.165, 1.54) is 30.9 Å². The Morgan fingerprint density at radius 1 is 1.36 bits per heavy atom. The van der Waals surface area contributed by atoms with Crippen LogP contribution in [0.3, 0.4) is 0 Å². The molecular weight excluding hydrogens is 336 g/mol. The molecule has 2 heterocycles. The Bertz CT molecular complexity index is 692. The van der Waals surface area contributed by atoms with Gasteiger partial charge in [-0.2, -0.15) is 0 Å². The number of benzene rings is 1. The topological polar surface area (TPSA) is 46.3 Å². The van der Waals surface area contributed by atoms with Crippen molar-refractivity contribution in [2.45, 2.75) is 45.6 Å². The van der Waals surface area contributed by atoms with E-state index in [9.17, 15) is 4.79 Å². The second-order valence-electron chi connectivity index (χ2n) is 6.96. The van der Waals surface area contributed by atoms with E-state index in [0.717, 1.165) is 49.0 Å². The number of ketones is 1. The molecule has 1 fully saturated rings.